The van der Waals surface area contributed by atoms with Crippen LogP contribution in [0.15, 0.2) is 75.5 Å². The standard InChI is InChI=1S/C23H21ClN4O3/c1-13-17(21(29)26-16-7-5-4-6-8-16)18(14-9-11-15(24)12-10-14)19-20(25-13)27(2)23(31)28(3)22(19)30/h4-12,18,25H,1-3H3,(H,26,29)/t18-/m0/s1. The quantitative estimate of drug-likeness (QED) is 0.660. The summed E-state index contributed by atoms with van der Waals surface area (Å²) in [4.78, 5) is 39.1. The van der Waals surface area contributed by atoms with E-state index in [1.54, 1.807) is 50.4 Å². The number of para-hydroxylation sites is 1. The van der Waals surface area contributed by atoms with Crippen LogP contribution in [0.1, 0.15) is 24.0 Å². The summed E-state index contributed by atoms with van der Waals surface area (Å²) in [5.41, 5.74) is 1.75. The van der Waals surface area contributed by atoms with E-state index in [2.05, 4.69) is 10.6 Å². The lowest BCUT2D eigenvalue weighted by Gasteiger charge is -2.31. The van der Waals surface area contributed by atoms with E-state index in [1.807, 2.05) is 18.2 Å². The van der Waals surface area contributed by atoms with E-state index in [-0.39, 0.29) is 5.91 Å². The zero-order valence-electron chi connectivity index (χ0n) is 17.3. The summed E-state index contributed by atoms with van der Waals surface area (Å²) in [6, 6.07) is 16.1. The number of nitrogens with zero attached hydrogens (tertiary/aromatic N) is 2. The van der Waals surface area contributed by atoms with Gasteiger partial charge in [-0.15, -0.1) is 0 Å². The molecule has 1 aliphatic heterocycles. The van der Waals surface area contributed by atoms with E-state index >= 15 is 0 Å². The first-order valence-corrected chi connectivity index (χ1v) is 10.1. The SMILES string of the molecule is CC1=C(C(=O)Nc2ccccc2)[C@H](c2ccc(Cl)cc2)c2c(n(C)c(=O)n(C)c2=O)N1. The van der Waals surface area contributed by atoms with Crippen LogP contribution in [0.5, 0.6) is 0 Å². The normalized spacial score (nSPS) is 15.3. The Morgan fingerprint density at radius 3 is 2.29 bits per heavy atom. The number of halogens is 1. The van der Waals surface area contributed by atoms with Gasteiger partial charge < -0.3 is 10.6 Å². The van der Waals surface area contributed by atoms with Gasteiger partial charge in [-0.25, -0.2) is 4.79 Å². The topological polar surface area (TPSA) is 85.1 Å². The van der Waals surface area contributed by atoms with Crippen LogP contribution < -0.4 is 21.9 Å². The van der Waals surface area contributed by atoms with Gasteiger partial charge in [0.15, 0.2) is 0 Å². The fourth-order valence-electron chi connectivity index (χ4n) is 3.90. The van der Waals surface area contributed by atoms with Crippen LogP contribution in [0.25, 0.3) is 0 Å². The smallest absolute Gasteiger partial charge is 0.332 e. The second kappa shape index (κ2) is 7.92. The molecule has 4 rings (SSSR count). The maximum Gasteiger partial charge on any atom is 0.332 e. The lowest BCUT2D eigenvalue weighted by atomic mass is 9.81. The van der Waals surface area contributed by atoms with E-state index in [0.717, 1.165) is 10.1 Å². The number of carbonyl (C=O) groups excluding carboxylic acids is 1. The Hall–Kier alpha value is -3.58. The fourth-order valence-corrected chi connectivity index (χ4v) is 4.02. The number of fused-ring (bicyclic) bond motifs is 1. The molecule has 0 fully saturated rings. The Labute approximate surface area is 183 Å². The second-order valence-corrected chi connectivity index (χ2v) is 7.87. The highest BCUT2D eigenvalue weighted by molar-refractivity contribution is 6.30. The summed E-state index contributed by atoms with van der Waals surface area (Å²) in [5, 5.41) is 6.55. The number of carbonyl (C=O) groups is 1. The zero-order chi connectivity index (χ0) is 22.3. The van der Waals surface area contributed by atoms with Gasteiger partial charge >= 0.3 is 5.69 Å². The van der Waals surface area contributed by atoms with Gasteiger partial charge in [0.2, 0.25) is 0 Å². The molecule has 31 heavy (non-hydrogen) atoms. The maximum atomic E-state index is 13.4. The van der Waals surface area contributed by atoms with Crippen molar-refractivity contribution in [1.82, 2.24) is 9.13 Å². The Morgan fingerprint density at radius 1 is 1.00 bits per heavy atom. The van der Waals surface area contributed by atoms with Gasteiger partial charge in [0.25, 0.3) is 11.5 Å². The van der Waals surface area contributed by atoms with Crippen molar-refractivity contribution in [2.45, 2.75) is 12.8 Å². The number of allylic oxidation sites excluding steroid dienone is 1. The molecular formula is C23H21ClN4O3. The van der Waals surface area contributed by atoms with Crippen LogP contribution >= 0.6 is 11.6 Å². The van der Waals surface area contributed by atoms with Gasteiger partial charge in [-0.3, -0.25) is 18.7 Å². The summed E-state index contributed by atoms with van der Waals surface area (Å²) in [6.07, 6.45) is 0. The van der Waals surface area contributed by atoms with Crippen molar-refractivity contribution in [2.75, 3.05) is 10.6 Å². The number of amides is 1. The third kappa shape index (κ3) is 3.57. The highest BCUT2D eigenvalue weighted by atomic mass is 35.5. The molecule has 0 saturated carbocycles. The average molecular weight is 437 g/mol. The molecule has 158 valence electrons. The summed E-state index contributed by atoms with van der Waals surface area (Å²) < 4.78 is 2.44. The third-order valence-corrected chi connectivity index (χ3v) is 5.72. The van der Waals surface area contributed by atoms with Gasteiger partial charge in [-0.05, 0) is 36.8 Å². The molecule has 0 spiro atoms. The zero-order valence-corrected chi connectivity index (χ0v) is 18.0. The minimum atomic E-state index is -0.678. The van der Waals surface area contributed by atoms with Crippen molar-refractivity contribution >= 4 is 29.0 Å². The summed E-state index contributed by atoms with van der Waals surface area (Å²) >= 11 is 6.07. The average Bonchev–Trinajstić information content (AvgIpc) is 2.76. The molecule has 0 saturated heterocycles. The van der Waals surface area contributed by atoms with E-state index in [0.29, 0.717) is 33.4 Å². The number of rotatable bonds is 3. The first-order valence-electron chi connectivity index (χ1n) is 9.69. The lowest BCUT2D eigenvalue weighted by Crippen LogP contribution is -2.43. The Balaban J connectivity index is 1.95. The van der Waals surface area contributed by atoms with Crippen molar-refractivity contribution in [3.05, 3.63) is 103 Å². The summed E-state index contributed by atoms with van der Waals surface area (Å²) in [5.74, 6) is -0.637. The van der Waals surface area contributed by atoms with Crippen LogP contribution in [0.3, 0.4) is 0 Å². The largest absolute Gasteiger partial charge is 0.344 e. The van der Waals surface area contributed by atoms with Crippen LogP contribution in [0.4, 0.5) is 11.5 Å². The van der Waals surface area contributed by atoms with Crippen molar-refractivity contribution in [3.63, 3.8) is 0 Å². The molecule has 0 unspecified atom stereocenters. The molecule has 7 nitrogen and oxygen atoms in total. The van der Waals surface area contributed by atoms with E-state index in [4.69, 9.17) is 11.6 Å². The molecular weight excluding hydrogens is 416 g/mol. The molecule has 2 N–H and O–H groups in total. The Morgan fingerprint density at radius 2 is 1.65 bits per heavy atom. The number of benzene rings is 2. The monoisotopic (exact) mass is 436 g/mol. The molecule has 2 heterocycles. The van der Waals surface area contributed by atoms with E-state index in [1.165, 1.54) is 11.6 Å². The van der Waals surface area contributed by atoms with Gasteiger partial charge in [-0.1, -0.05) is 41.9 Å². The molecule has 1 aromatic heterocycles. The first kappa shape index (κ1) is 20.7. The predicted octanol–water partition coefficient (Wildman–Crippen LogP) is 3.21. The van der Waals surface area contributed by atoms with Gasteiger partial charge in [0.05, 0.1) is 11.5 Å². The molecule has 3 aromatic rings. The summed E-state index contributed by atoms with van der Waals surface area (Å²) in [6.45, 7) is 1.76. The van der Waals surface area contributed by atoms with E-state index < -0.39 is 17.2 Å². The van der Waals surface area contributed by atoms with Crippen molar-refractivity contribution < 1.29 is 4.79 Å². The van der Waals surface area contributed by atoms with Crippen LogP contribution in [-0.4, -0.2) is 15.0 Å². The van der Waals surface area contributed by atoms with Gasteiger partial charge in [0, 0.05) is 36.1 Å². The molecule has 0 radical (unpaired) electrons. The molecule has 0 bridgehead atoms. The minimum Gasteiger partial charge on any atom is -0.344 e. The number of hydrogen-bond acceptors (Lipinski definition) is 4. The fraction of sp³-hybridized carbons (Fsp3) is 0.174. The van der Waals surface area contributed by atoms with Crippen molar-refractivity contribution in [1.29, 1.82) is 0 Å². The predicted molar refractivity (Wildman–Crippen MR) is 122 cm³/mol. The Bertz CT molecular complexity index is 1320. The van der Waals surface area contributed by atoms with Gasteiger partial charge in [0.1, 0.15) is 5.82 Å². The van der Waals surface area contributed by atoms with Crippen LogP contribution in [-0.2, 0) is 18.9 Å². The minimum absolute atomic E-state index is 0.329. The van der Waals surface area contributed by atoms with Crippen LogP contribution in [0, 0.1) is 0 Å². The molecule has 1 amide bonds. The highest BCUT2D eigenvalue weighted by Gasteiger charge is 2.36. The van der Waals surface area contributed by atoms with Crippen LogP contribution in [0.2, 0.25) is 5.02 Å². The molecule has 0 aliphatic carbocycles. The molecule has 1 aliphatic rings. The number of aromatic nitrogens is 2. The molecule has 8 heteroatoms. The molecule has 2 aromatic carbocycles. The third-order valence-electron chi connectivity index (χ3n) is 5.47. The highest BCUT2D eigenvalue weighted by Crippen LogP contribution is 2.40. The van der Waals surface area contributed by atoms with Crippen molar-refractivity contribution in [2.24, 2.45) is 14.1 Å². The summed E-state index contributed by atoms with van der Waals surface area (Å²) in [7, 11) is 3.02. The first-order chi connectivity index (χ1) is 14.8. The maximum absolute atomic E-state index is 13.4. The lowest BCUT2D eigenvalue weighted by molar-refractivity contribution is -0.113. The van der Waals surface area contributed by atoms with E-state index in [9.17, 15) is 14.4 Å². The number of hydrogen-bond donors (Lipinski definition) is 2. The number of nitrogens with one attached hydrogen (secondary N) is 2. The Kier molecular flexibility index (Phi) is 5.29. The number of anilines is 2. The molecule has 1 atom stereocenters. The second-order valence-electron chi connectivity index (χ2n) is 7.44. The van der Waals surface area contributed by atoms with Gasteiger partial charge in [-0.2, -0.15) is 0 Å². The van der Waals surface area contributed by atoms with Crippen molar-refractivity contribution in [3.8, 4) is 0 Å².